The Labute approximate surface area is 192 Å². The first kappa shape index (κ1) is 21.2. The summed E-state index contributed by atoms with van der Waals surface area (Å²) in [7, 11) is 0. The van der Waals surface area contributed by atoms with Gasteiger partial charge in [0.25, 0.3) is 0 Å². The monoisotopic (exact) mass is 453 g/mol. The summed E-state index contributed by atoms with van der Waals surface area (Å²) in [5, 5.41) is 9.06. The lowest BCUT2D eigenvalue weighted by Crippen LogP contribution is -2.40. The molecule has 0 spiro atoms. The van der Waals surface area contributed by atoms with Gasteiger partial charge < -0.3 is 10.6 Å². The smallest absolute Gasteiger partial charge is 0.170 e. The molecule has 1 aliphatic carbocycles. The van der Waals surface area contributed by atoms with Crippen molar-refractivity contribution in [1.82, 2.24) is 10.3 Å². The maximum atomic E-state index is 6.08. The topological polar surface area (TPSA) is 37.0 Å². The molecule has 6 heteroatoms. The summed E-state index contributed by atoms with van der Waals surface area (Å²) in [5.41, 5.74) is 2.34. The molecule has 1 fully saturated rings. The van der Waals surface area contributed by atoms with Crippen molar-refractivity contribution in [3.05, 3.63) is 83.5 Å². The van der Waals surface area contributed by atoms with E-state index >= 15 is 0 Å². The lowest BCUT2D eigenvalue weighted by molar-refractivity contribution is 0.435. The molecule has 0 unspecified atom stereocenters. The van der Waals surface area contributed by atoms with E-state index in [4.69, 9.17) is 23.8 Å². The molecule has 0 aliphatic heterocycles. The van der Waals surface area contributed by atoms with E-state index < -0.39 is 0 Å². The van der Waals surface area contributed by atoms with Crippen molar-refractivity contribution in [2.75, 3.05) is 11.9 Å². The fraction of sp³-hybridized carbons (Fsp3) is 0.250. The van der Waals surface area contributed by atoms with Gasteiger partial charge in [0, 0.05) is 21.9 Å². The van der Waals surface area contributed by atoms with Crippen LogP contribution in [0.5, 0.6) is 0 Å². The summed E-state index contributed by atoms with van der Waals surface area (Å²) in [4.78, 5) is 5.71. The standard InChI is InChI=1S/C24H24ClN3S2/c25-19-10-8-18(9-11-19)24(14-4-5-15-24)17-27-23(29)28-20-12-13-22(26-16-20)30-21-6-2-1-3-7-21/h1-3,6-13,16H,4-5,14-15,17H2,(H2,27,28,29). The van der Waals surface area contributed by atoms with E-state index in [1.165, 1.54) is 23.3 Å². The van der Waals surface area contributed by atoms with Crippen molar-refractivity contribution in [1.29, 1.82) is 0 Å². The third kappa shape index (κ3) is 5.34. The zero-order chi connectivity index (χ0) is 20.8. The van der Waals surface area contributed by atoms with Gasteiger partial charge >= 0.3 is 0 Å². The van der Waals surface area contributed by atoms with Crippen LogP contribution in [0.2, 0.25) is 5.02 Å². The maximum absolute atomic E-state index is 6.08. The summed E-state index contributed by atoms with van der Waals surface area (Å²) in [6.45, 7) is 0.815. The molecule has 3 aromatic rings. The van der Waals surface area contributed by atoms with Crippen LogP contribution < -0.4 is 10.6 Å². The Hall–Kier alpha value is -2.08. The Morgan fingerprint density at radius 3 is 2.40 bits per heavy atom. The van der Waals surface area contributed by atoms with Gasteiger partial charge in [0.05, 0.1) is 11.9 Å². The van der Waals surface area contributed by atoms with Crippen LogP contribution in [0.15, 0.2) is 82.8 Å². The van der Waals surface area contributed by atoms with Crippen molar-refractivity contribution in [3.63, 3.8) is 0 Å². The average Bonchev–Trinajstić information content (AvgIpc) is 3.25. The second-order valence-electron chi connectivity index (χ2n) is 7.60. The van der Waals surface area contributed by atoms with Crippen LogP contribution in [0.1, 0.15) is 31.2 Å². The van der Waals surface area contributed by atoms with Crippen LogP contribution in [0, 0.1) is 0 Å². The van der Waals surface area contributed by atoms with Crippen molar-refractivity contribution < 1.29 is 0 Å². The molecule has 1 heterocycles. The van der Waals surface area contributed by atoms with Crippen molar-refractivity contribution >= 4 is 46.4 Å². The van der Waals surface area contributed by atoms with Gasteiger partial charge in [-0.25, -0.2) is 4.98 Å². The Morgan fingerprint density at radius 2 is 1.73 bits per heavy atom. The molecular formula is C24H24ClN3S2. The van der Waals surface area contributed by atoms with Crippen molar-refractivity contribution in [2.24, 2.45) is 0 Å². The number of rotatable bonds is 6. The first-order chi connectivity index (χ1) is 14.6. The molecule has 3 nitrogen and oxygen atoms in total. The SMILES string of the molecule is S=C(NCC1(c2ccc(Cl)cc2)CCCC1)Nc1ccc(Sc2ccccc2)nc1. The number of nitrogens with zero attached hydrogens (tertiary/aromatic N) is 1. The number of pyridine rings is 1. The minimum Gasteiger partial charge on any atom is -0.362 e. The van der Waals surface area contributed by atoms with Gasteiger partial charge in [-0.2, -0.15) is 0 Å². The summed E-state index contributed by atoms with van der Waals surface area (Å²) < 4.78 is 0. The summed E-state index contributed by atoms with van der Waals surface area (Å²) in [5.74, 6) is 0. The van der Waals surface area contributed by atoms with E-state index in [9.17, 15) is 0 Å². The molecule has 4 rings (SSSR count). The van der Waals surface area contributed by atoms with E-state index in [1.807, 2.05) is 48.7 Å². The van der Waals surface area contributed by atoms with Gasteiger partial charge in [-0.3, -0.25) is 0 Å². The number of nitrogens with one attached hydrogen (secondary N) is 2. The number of benzene rings is 2. The molecule has 0 bridgehead atoms. The molecule has 1 saturated carbocycles. The quantitative estimate of drug-likeness (QED) is 0.407. The molecule has 1 aliphatic rings. The van der Waals surface area contributed by atoms with E-state index in [0.29, 0.717) is 5.11 Å². The Bertz CT molecular complexity index is 970. The molecule has 2 aromatic carbocycles. The molecular weight excluding hydrogens is 430 g/mol. The number of aromatic nitrogens is 1. The highest BCUT2D eigenvalue weighted by molar-refractivity contribution is 7.99. The zero-order valence-electron chi connectivity index (χ0n) is 16.6. The fourth-order valence-corrected chi connectivity index (χ4v) is 5.06. The highest BCUT2D eigenvalue weighted by Gasteiger charge is 2.35. The van der Waals surface area contributed by atoms with Gasteiger partial charge in [-0.05, 0) is 67.0 Å². The first-order valence-corrected chi connectivity index (χ1v) is 11.7. The lowest BCUT2D eigenvalue weighted by Gasteiger charge is -2.30. The van der Waals surface area contributed by atoms with Crippen molar-refractivity contribution in [2.45, 2.75) is 41.0 Å². The maximum Gasteiger partial charge on any atom is 0.170 e. The molecule has 1 aromatic heterocycles. The van der Waals surface area contributed by atoms with Crippen LogP contribution in [-0.4, -0.2) is 16.6 Å². The molecule has 154 valence electrons. The van der Waals surface area contributed by atoms with E-state index in [1.54, 1.807) is 11.8 Å². The predicted octanol–water partition coefficient (Wildman–Crippen LogP) is 6.68. The number of halogens is 1. The second kappa shape index (κ2) is 9.82. The number of hydrogen-bond acceptors (Lipinski definition) is 3. The minimum atomic E-state index is 0.116. The summed E-state index contributed by atoms with van der Waals surface area (Å²) >= 11 is 13.3. The van der Waals surface area contributed by atoms with Gasteiger partial charge in [0.2, 0.25) is 0 Å². The third-order valence-corrected chi connectivity index (χ3v) is 7.02. The zero-order valence-corrected chi connectivity index (χ0v) is 19.0. The van der Waals surface area contributed by atoms with E-state index in [0.717, 1.165) is 35.1 Å². The molecule has 30 heavy (non-hydrogen) atoms. The molecule has 0 amide bonds. The molecule has 0 saturated heterocycles. The van der Waals surface area contributed by atoms with E-state index in [2.05, 4.69) is 39.9 Å². The van der Waals surface area contributed by atoms with Crippen LogP contribution in [0.4, 0.5) is 5.69 Å². The number of hydrogen-bond donors (Lipinski definition) is 2. The van der Waals surface area contributed by atoms with Gasteiger partial charge in [-0.15, -0.1) is 0 Å². The van der Waals surface area contributed by atoms with Crippen LogP contribution in [0.25, 0.3) is 0 Å². The average molecular weight is 454 g/mol. The molecule has 2 N–H and O–H groups in total. The predicted molar refractivity (Wildman–Crippen MR) is 131 cm³/mol. The Balaban J connectivity index is 1.34. The number of thiocarbonyl (C=S) groups is 1. The highest BCUT2D eigenvalue weighted by Crippen LogP contribution is 2.41. The fourth-order valence-electron chi connectivity index (χ4n) is 3.97. The highest BCUT2D eigenvalue weighted by atomic mass is 35.5. The first-order valence-electron chi connectivity index (χ1n) is 10.1. The lowest BCUT2D eigenvalue weighted by atomic mass is 9.79. The van der Waals surface area contributed by atoms with Crippen LogP contribution >= 0.6 is 35.6 Å². The van der Waals surface area contributed by atoms with Gasteiger partial charge in [-0.1, -0.05) is 66.5 Å². The normalized spacial score (nSPS) is 15.0. The molecule has 0 atom stereocenters. The van der Waals surface area contributed by atoms with E-state index in [-0.39, 0.29) is 5.41 Å². The largest absolute Gasteiger partial charge is 0.362 e. The van der Waals surface area contributed by atoms with Crippen LogP contribution in [-0.2, 0) is 5.41 Å². The van der Waals surface area contributed by atoms with Crippen molar-refractivity contribution in [3.8, 4) is 0 Å². The second-order valence-corrected chi connectivity index (χ2v) is 9.54. The summed E-state index contributed by atoms with van der Waals surface area (Å²) in [6.07, 6.45) is 6.64. The van der Waals surface area contributed by atoms with Crippen LogP contribution in [0.3, 0.4) is 0 Å². The van der Waals surface area contributed by atoms with Gasteiger partial charge in [0.1, 0.15) is 5.03 Å². The Kier molecular flexibility index (Phi) is 6.93. The third-order valence-electron chi connectivity index (χ3n) is 5.56. The minimum absolute atomic E-state index is 0.116. The Morgan fingerprint density at radius 1 is 1.00 bits per heavy atom. The number of anilines is 1. The van der Waals surface area contributed by atoms with Gasteiger partial charge in [0.15, 0.2) is 5.11 Å². The summed E-state index contributed by atoms with van der Waals surface area (Å²) in [6, 6.07) is 22.5. The molecule has 0 radical (unpaired) electrons.